The summed E-state index contributed by atoms with van der Waals surface area (Å²) >= 11 is 4.71. The maximum Gasteiger partial charge on any atom is 0.179 e. The van der Waals surface area contributed by atoms with Crippen molar-refractivity contribution in [2.75, 3.05) is 5.73 Å². The molecular weight excluding hydrogens is 360 g/mol. The molecular formula is C9H7FIN3S2. The highest BCUT2D eigenvalue weighted by molar-refractivity contribution is 14.1. The van der Waals surface area contributed by atoms with Crippen LogP contribution in [-0.2, 0) is 0 Å². The van der Waals surface area contributed by atoms with Gasteiger partial charge in [0.05, 0.1) is 3.57 Å². The summed E-state index contributed by atoms with van der Waals surface area (Å²) in [5.41, 5.74) is 6.37. The highest BCUT2D eigenvalue weighted by atomic mass is 127. The van der Waals surface area contributed by atoms with Gasteiger partial charge in [0.25, 0.3) is 0 Å². The monoisotopic (exact) mass is 367 g/mol. The predicted molar refractivity (Wildman–Crippen MR) is 72.3 cm³/mol. The molecule has 0 radical (unpaired) electrons. The summed E-state index contributed by atoms with van der Waals surface area (Å²) < 4.78 is 14.6. The van der Waals surface area contributed by atoms with E-state index in [2.05, 4.69) is 10.2 Å². The lowest BCUT2D eigenvalue weighted by molar-refractivity contribution is 0.617. The van der Waals surface area contributed by atoms with Crippen molar-refractivity contribution in [1.29, 1.82) is 0 Å². The zero-order valence-corrected chi connectivity index (χ0v) is 12.0. The lowest BCUT2D eigenvalue weighted by atomic mass is 10.3. The van der Waals surface area contributed by atoms with Crippen molar-refractivity contribution in [3.8, 4) is 0 Å². The maximum absolute atomic E-state index is 13.4. The number of hydrogen-bond acceptors (Lipinski definition) is 5. The molecule has 1 aromatic carbocycles. The topological polar surface area (TPSA) is 51.8 Å². The standard InChI is InChI=1S/C9H7FIN3S2/c1-4-13-14-9(15-4)16-8-2-5(10)6(11)3-7(8)12/h2-3H,12H2,1H3. The van der Waals surface area contributed by atoms with Gasteiger partial charge in [-0.15, -0.1) is 10.2 Å². The van der Waals surface area contributed by atoms with Crippen LogP contribution in [0.5, 0.6) is 0 Å². The van der Waals surface area contributed by atoms with Gasteiger partial charge in [-0.05, 0) is 41.6 Å². The quantitative estimate of drug-likeness (QED) is 0.654. The van der Waals surface area contributed by atoms with Crippen LogP contribution in [0.3, 0.4) is 0 Å². The molecule has 3 nitrogen and oxygen atoms in total. The third-order valence-electron chi connectivity index (χ3n) is 1.76. The third kappa shape index (κ3) is 2.64. The number of hydrogen-bond donors (Lipinski definition) is 1. The largest absolute Gasteiger partial charge is 0.398 e. The fourth-order valence-corrected chi connectivity index (χ4v) is 3.36. The molecule has 0 amide bonds. The Labute approximate surface area is 114 Å². The third-order valence-corrected chi connectivity index (χ3v) is 4.55. The van der Waals surface area contributed by atoms with Gasteiger partial charge >= 0.3 is 0 Å². The van der Waals surface area contributed by atoms with E-state index < -0.39 is 0 Å². The van der Waals surface area contributed by atoms with Crippen molar-refractivity contribution < 1.29 is 4.39 Å². The highest BCUT2D eigenvalue weighted by Crippen LogP contribution is 2.35. The van der Waals surface area contributed by atoms with Crippen LogP contribution in [0.25, 0.3) is 0 Å². The fraction of sp³-hybridized carbons (Fsp3) is 0.111. The molecule has 0 atom stereocenters. The highest BCUT2D eigenvalue weighted by Gasteiger charge is 2.10. The van der Waals surface area contributed by atoms with E-state index >= 15 is 0 Å². The second-order valence-electron chi connectivity index (χ2n) is 2.99. The summed E-state index contributed by atoms with van der Waals surface area (Å²) in [4.78, 5) is 0.675. The first kappa shape index (κ1) is 12.1. The molecule has 0 aliphatic carbocycles. The number of halogens is 2. The Balaban J connectivity index is 2.31. The van der Waals surface area contributed by atoms with Crippen LogP contribution < -0.4 is 5.73 Å². The molecule has 7 heteroatoms. The number of benzene rings is 1. The Morgan fingerprint density at radius 2 is 2.19 bits per heavy atom. The van der Waals surface area contributed by atoms with E-state index in [0.717, 1.165) is 9.35 Å². The minimum atomic E-state index is -0.265. The number of aromatic nitrogens is 2. The minimum Gasteiger partial charge on any atom is -0.398 e. The van der Waals surface area contributed by atoms with E-state index in [1.807, 2.05) is 29.5 Å². The van der Waals surface area contributed by atoms with Gasteiger partial charge in [0.15, 0.2) is 4.34 Å². The number of nitrogen functional groups attached to an aromatic ring is 1. The van der Waals surface area contributed by atoms with Crippen molar-refractivity contribution in [3.63, 3.8) is 0 Å². The average molecular weight is 367 g/mol. The van der Waals surface area contributed by atoms with Crippen LogP contribution in [0.1, 0.15) is 5.01 Å². The molecule has 1 aromatic heterocycles. The van der Waals surface area contributed by atoms with Crippen molar-refractivity contribution >= 4 is 51.4 Å². The van der Waals surface area contributed by atoms with E-state index in [0.29, 0.717) is 14.2 Å². The molecule has 0 aliphatic heterocycles. The Kier molecular flexibility index (Phi) is 3.65. The predicted octanol–water partition coefficient (Wildman–Crippen LogP) is 3.32. The van der Waals surface area contributed by atoms with E-state index in [1.54, 1.807) is 6.07 Å². The van der Waals surface area contributed by atoms with Crippen LogP contribution in [-0.4, -0.2) is 10.2 Å². The Hall–Kier alpha value is -0.410. The molecule has 0 saturated carbocycles. The number of aryl methyl sites for hydroxylation is 1. The van der Waals surface area contributed by atoms with Crippen molar-refractivity contribution in [1.82, 2.24) is 10.2 Å². The summed E-state index contributed by atoms with van der Waals surface area (Å²) in [6, 6.07) is 3.05. The number of nitrogens with two attached hydrogens (primary N) is 1. The molecule has 0 fully saturated rings. The molecule has 0 saturated heterocycles. The molecule has 16 heavy (non-hydrogen) atoms. The number of rotatable bonds is 2. The van der Waals surface area contributed by atoms with Crippen molar-refractivity contribution in [3.05, 3.63) is 26.5 Å². The smallest absolute Gasteiger partial charge is 0.179 e. The SMILES string of the molecule is Cc1nnc(Sc2cc(F)c(I)cc2N)s1. The Bertz CT molecular complexity index is 529. The minimum absolute atomic E-state index is 0.265. The average Bonchev–Trinajstić information content (AvgIpc) is 2.60. The molecule has 0 spiro atoms. The van der Waals surface area contributed by atoms with Gasteiger partial charge in [-0.25, -0.2) is 4.39 Å². The van der Waals surface area contributed by atoms with E-state index in [4.69, 9.17) is 5.73 Å². The first-order valence-electron chi connectivity index (χ1n) is 4.29. The van der Waals surface area contributed by atoms with Gasteiger partial charge in [0, 0.05) is 10.6 Å². The summed E-state index contributed by atoms with van der Waals surface area (Å²) in [5, 5.41) is 8.73. The molecule has 0 bridgehead atoms. The van der Waals surface area contributed by atoms with Crippen molar-refractivity contribution in [2.45, 2.75) is 16.2 Å². The maximum atomic E-state index is 13.4. The molecule has 0 aliphatic rings. The van der Waals surface area contributed by atoms with Gasteiger partial charge in [0.1, 0.15) is 10.8 Å². The summed E-state index contributed by atoms with van der Waals surface area (Å²) in [6.45, 7) is 1.87. The summed E-state index contributed by atoms with van der Waals surface area (Å²) in [7, 11) is 0. The Morgan fingerprint density at radius 3 is 2.81 bits per heavy atom. The molecule has 0 unspecified atom stereocenters. The first-order chi connectivity index (χ1) is 7.56. The summed E-state index contributed by atoms with van der Waals surface area (Å²) in [5.74, 6) is -0.265. The van der Waals surface area contributed by atoms with Crippen LogP contribution in [0.15, 0.2) is 21.4 Å². The molecule has 2 rings (SSSR count). The molecule has 1 heterocycles. The van der Waals surface area contributed by atoms with Crippen molar-refractivity contribution in [2.24, 2.45) is 0 Å². The lowest BCUT2D eigenvalue weighted by Gasteiger charge is -2.04. The zero-order chi connectivity index (χ0) is 11.7. The fourth-order valence-electron chi connectivity index (χ4n) is 1.05. The molecule has 84 valence electrons. The van der Waals surface area contributed by atoms with Gasteiger partial charge in [-0.1, -0.05) is 23.1 Å². The zero-order valence-electron chi connectivity index (χ0n) is 8.20. The van der Waals surface area contributed by atoms with E-state index in [-0.39, 0.29) is 5.82 Å². The lowest BCUT2D eigenvalue weighted by Crippen LogP contribution is -1.92. The number of anilines is 1. The van der Waals surface area contributed by atoms with Crippen LogP contribution in [0.2, 0.25) is 0 Å². The van der Waals surface area contributed by atoms with Crippen LogP contribution in [0.4, 0.5) is 10.1 Å². The second kappa shape index (κ2) is 4.84. The molecule has 2 aromatic rings. The van der Waals surface area contributed by atoms with Gasteiger partial charge < -0.3 is 5.73 Å². The first-order valence-corrected chi connectivity index (χ1v) is 7.00. The van der Waals surface area contributed by atoms with Crippen LogP contribution >= 0.6 is 45.7 Å². The second-order valence-corrected chi connectivity index (χ2v) is 6.63. The Morgan fingerprint density at radius 1 is 1.44 bits per heavy atom. The van der Waals surface area contributed by atoms with Crippen LogP contribution in [0, 0.1) is 16.3 Å². The molecule has 2 N–H and O–H groups in total. The van der Waals surface area contributed by atoms with Gasteiger partial charge in [-0.3, -0.25) is 0 Å². The van der Waals surface area contributed by atoms with E-state index in [1.165, 1.54) is 29.2 Å². The normalized spacial score (nSPS) is 10.7. The number of nitrogens with zero attached hydrogens (tertiary/aromatic N) is 2. The van der Waals surface area contributed by atoms with Gasteiger partial charge in [-0.2, -0.15) is 0 Å². The summed E-state index contributed by atoms with van der Waals surface area (Å²) in [6.07, 6.45) is 0. The van der Waals surface area contributed by atoms with Gasteiger partial charge in [0.2, 0.25) is 0 Å². The van der Waals surface area contributed by atoms with E-state index in [9.17, 15) is 4.39 Å².